The minimum absolute atomic E-state index is 0.0611. The molecule has 7 heteroatoms. The van der Waals surface area contributed by atoms with Crippen molar-refractivity contribution < 1.29 is 4.79 Å². The zero-order valence-corrected chi connectivity index (χ0v) is 14.0. The molecule has 1 aromatic heterocycles. The molecule has 118 valence electrons. The Morgan fingerprint density at radius 3 is 3.05 bits per heavy atom. The van der Waals surface area contributed by atoms with Gasteiger partial charge in [0.1, 0.15) is 11.6 Å². The highest BCUT2D eigenvalue weighted by molar-refractivity contribution is 7.15. The Bertz CT molecular complexity index is 614. The van der Waals surface area contributed by atoms with Gasteiger partial charge < -0.3 is 15.5 Å². The van der Waals surface area contributed by atoms with Crippen molar-refractivity contribution in [1.29, 1.82) is 5.26 Å². The number of anilines is 1. The van der Waals surface area contributed by atoms with Crippen LogP contribution in [0.3, 0.4) is 0 Å². The first-order valence-electron chi connectivity index (χ1n) is 7.31. The third-order valence-electron chi connectivity index (χ3n) is 3.30. The molecule has 1 aliphatic rings. The van der Waals surface area contributed by atoms with Crippen LogP contribution in [0.1, 0.15) is 24.4 Å². The van der Waals surface area contributed by atoms with Crippen LogP contribution in [0, 0.1) is 17.2 Å². The molecule has 0 bridgehead atoms. The van der Waals surface area contributed by atoms with Crippen molar-refractivity contribution in [3.63, 3.8) is 0 Å². The molecule has 22 heavy (non-hydrogen) atoms. The van der Waals surface area contributed by atoms with Gasteiger partial charge in [-0.05, 0) is 13.0 Å². The van der Waals surface area contributed by atoms with E-state index in [4.69, 9.17) is 5.26 Å². The van der Waals surface area contributed by atoms with Gasteiger partial charge in [-0.2, -0.15) is 5.26 Å². The molecule has 6 nitrogen and oxygen atoms in total. The quantitative estimate of drug-likeness (QED) is 0.638. The van der Waals surface area contributed by atoms with Crippen molar-refractivity contribution >= 4 is 22.4 Å². The Labute approximate surface area is 134 Å². The summed E-state index contributed by atoms with van der Waals surface area (Å²) in [6.45, 7) is 6.47. The molecule has 1 aromatic rings. The Kier molecular flexibility index (Phi) is 5.52. The van der Waals surface area contributed by atoms with Crippen molar-refractivity contribution in [2.24, 2.45) is 5.92 Å². The first kappa shape index (κ1) is 16.5. The van der Waals surface area contributed by atoms with Gasteiger partial charge in [0.25, 0.3) is 5.91 Å². The van der Waals surface area contributed by atoms with E-state index in [0.717, 1.165) is 30.3 Å². The molecule has 0 radical (unpaired) electrons. The van der Waals surface area contributed by atoms with Crippen LogP contribution in [0.4, 0.5) is 5.13 Å². The average Bonchev–Trinajstić information content (AvgIpc) is 2.87. The molecule has 0 atom stereocenters. The van der Waals surface area contributed by atoms with E-state index < -0.39 is 0 Å². The second-order valence-corrected chi connectivity index (χ2v) is 6.88. The van der Waals surface area contributed by atoms with E-state index >= 15 is 0 Å². The average molecular weight is 319 g/mol. The second-order valence-electron chi connectivity index (χ2n) is 5.79. The standard InChI is InChI=1S/C15H21N5OS/c1-10(2)7-17-14(21)11(6-16)8-18-15-19-12-4-5-20(3)9-13(12)22-15/h8,10H,4-5,7,9H2,1-3H3,(H,17,21)(H,18,19)/b11-8-. The maximum Gasteiger partial charge on any atom is 0.263 e. The zero-order chi connectivity index (χ0) is 16.1. The van der Waals surface area contributed by atoms with Crippen LogP contribution in [0.15, 0.2) is 11.8 Å². The van der Waals surface area contributed by atoms with Crippen molar-refractivity contribution in [3.05, 3.63) is 22.3 Å². The fourth-order valence-electron chi connectivity index (χ4n) is 2.06. The summed E-state index contributed by atoms with van der Waals surface area (Å²) in [4.78, 5) is 19.9. The van der Waals surface area contributed by atoms with Crippen molar-refractivity contribution in [2.75, 3.05) is 25.5 Å². The number of aromatic nitrogens is 1. The fraction of sp³-hybridized carbons (Fsp3) is 0.533. The van der Waals surface area contributed by atoms with Crippen LogP contribution >= 0.6 is 11.3 Å². The number of nitrogens with one attached hydrogen (secondary N) is 2. The van der Waals surface area contributed by atoms with Gasteiger partial charge in [-0.15, -0.1) is 11.3 Å². The smallest absolute Gasteiger partial charge is 0.263 e. The minimum atomic E-state index is -0.357. The van der Waals surface area contributed by atoms with Gasteiger partial charge in [0.15, 0.2) is 5.13 Å². The topological polar surface area (TPSA) is 81.0 Å². The normalized spacial score (nSPS) is 15.3. The summed E-state index contributed by atoms with van der Waals surface area (Å²) in [5.74, 6) is -0.00992. The molecule has 0 aromatic carbocycles. The molecule has 0 spiro atoms. The highest BCUT2D eigenvalue weighted by Crippen LogP contribution is 2.27. The summed E-state index contributed by atoms with van der Waals surface area (Å²) < 4.78 is 0. The first-order valence-corrected chi connectivity index (χ1v) is 8.13. The number of amides is 1. The lowest BCUT2D eigenvalue weighted by molar-refractivity contribution is -0.117. The molecule has 2 N–H and O–H groups in total. The molecule has 0 saturated heterocycles. The number of carbonyl (C=O) groups excluding carboxylic acids is 1. The van der Waals surface area contributed by atoms with Crippen molar-refractivity contribution in [3.8, 4) is 6.07 Å². The van der Waals surface area contributed by atoms with Gasteiger partial charge in [0.2, 0.25) is 0 Å². The maximum absolute atomic E-state index is 11.9. The molecule has 2 rings (SSSR count). The summed E-state index contributed by atoms with van der Waals surface area (Å²) in [6.07, 6.45) is 2.37. The SMILES string of the molecule is CC(C)CNC(=O)/C(C#N)=C\Nc1nc2c(s1)CN(C)CC2. The van der Waals surface area contributed by atoms with Gasteiger partial charge in [-0.1, -0.05) is 13.8 Å². The van der Waals surface area contributed by atoms with Gasteiger partial charge in [-0.3, -0.25) is 4.79 Å². The van der Waals surface area contributed by atoms with Crippen molar-refractivity contribution in [1.82, 2.24) is 15.2 Å². The van der Waals surface area contributed by atoms with Gasteiger partial charge in [0, 0.05) is 37.1 Å². The fourth-order valence-corrected chi connectivity index (χ4v) is 3.12. The third-order valence-corrected chi connectivity index (χ3v) is 4.31. The van der Waals surface area contributed by atoms with E-state index in [1.54, 1.807) is 11.3 Å². The number of hydrogen-bond donors (Lipinski definition) is 2. The van der Waals surface area contributed by atoms with Crippen molar-refractivity contribution in [2.45, 2.75) is 26.8 Å². The van der Waals surface area contributed by atoms with Crippen LogP contribution in [-0.4, -0.2) is 35.9 Å². The van der Waals surface area contributed by atoms with E-state index in [0.29, 0.717) is 12.5 Å². The Hall–Kier alpha value is -1.91. The third kappa shape index (κ3) is 4.29. The number of nitrogens with zero attached hydrogens (tertiary/aromatic N) is 3. The number of fused-ring (bicyclic) bond motifs is 1. The number of hydrogen-bond acceptors (Lipinski definition) is 6. The van der Waals surface area contributed by atoms with E-state index in [2.05, 4.69) is 27.6 Å². The molecule has 0 saturated carbocycles. The summed E-state index contributed by atoms with van der Waals surface area (Å²) in [5, 5.41) is 15.5. The maximum atomic E-state index is 11.9. The Morgan fingerprint density at radius 2 is 2.36 bits per heavy atom. The number of rotatable bonds is 5. The van der Waals surface area contributed by atoms with E-state index in [9.17, 15) is 4.79 Å². The predicted octanol–water partition coefficient (Wildman–Crippen LogP) is 1.72. The molecule has 1 amide bonds. The van der Waals surface area contributed by atoms with Gasteiger partial charge in [-0.25, -0.2) is 4.98 Å². The van der Waals surface area contributed by atoms with Crippen LogP contribution in [0.25, 0.3) is 0 Å². The molecule has 0 aliphatic carbocycles. The zero-order valence-electron chi connectivity index (χ0n) is 13.1. The number of likely N-dealkylation sites (N-methyl/N-ethyl adjacent to an activating group) is 1. The number of thiazole rings is 1. The van der Waals surface area contributed by atoms with Crippen LogP contribution < -0.4 is 10.6 Å². The van der Waals surface area contributed by atoms with E-state index in [1.165, 1.54) is 11.1 Å². The largest absolute Gasteiger partial charge is 0.351 e. The molecule has 2 heterocycles. The summed E-state index contributed by atoms with van der Waals surface area (Å²) in [7, 11) is 2.09. The van der Waals surface area contributed by atoms with E-state index in [-0.39, 0.29) is 11.5 Å². The highest BCUT2D eigenvalue weighted by atomic mass is 32.1. The Morgan fingerprint density at radius 1 is 1.59 bits per heavy atom. The lowest BCUT2D eigenvalue weighted by Crippen LogP contribution is -2.28. The molecule has 0 unspecified atom stereocenters. The summed E-state index contributed by atoms with van der Waals surface area (Å²) in [6, 6.07) is 1.92. The second kappa shape index (κ2) is 7.38. The first-order chi connectivity index (χ1) is 10.5. The molecular weight excluding hydrogens is 298 g/mol. The monoisotopic (exact) mass is 319 g/mol. The highest BCUT2D eigenvalue weighted by Gasteiger charge is 2.18. The molecular formula is C15H21N5OS. The summed E-state index contributed by atoms with van der Waals surface area (Å²) in [5.41, 5.74) is 1.17. The van der Waals surface area contributed by atoms with Gasteiger partial charge in [0.05, 0.1) is 5.69 Å². The van der Waals surface area contributed by atoms with Crippen LogP contribution in [-0.2, 0) is 17.8 Å². The van der Waals surface area contributed by atoms with Crippen LogP contribution in [0.2, 0.25) is 0 Å². The lowest BCUT2D eigenvalue weighted by atomic mass is 10.2. The lowest BCUT2D eigenvalue weighted by Gasteiger charge is -2.20. The van der Waals surface area contributed by atoms with Crippen LogP contribution in [0.5, 0.6) is 0 Å². The molecule has 0 fully saturated rings. The van der Waals surface area contributed by atoms with Gasteiger partial charge >= 0.3 is 0 Å². The van der Waals surface area contributed by atoms with E-state index in [1.807, 2.05) is 19.9 Å². The minimum Gasteiger partial charge on any atom is -0.351 e. The Balaban J connectivity index is 2.00. The molecule has 1 aliphatic heterocycles. The number of carbonyl (C=O) groups is 1. The predicted molar refractivity (Wildman–Crippen MR) is 87.3 cm³/mol. The summed E-state index contributed by atoms with van der Waals surface area (Å²) >= 11 is 1.57. The number of nitriles is 1.